The van der Waals surface area contributed by atoms with Gasteiger partial charge in [0.05, 0.1) is 16.2 Å². The van der Waals surface area contributed by atoms with Crippen LogP contribution >= 0.6 is 23.4 Å². The van der Waals surface area contributed by atoms with E-state index in [-0.39, 0.29) is 11.5 Å². The third kappa shape index (κ3) is 4.07. The maximum absolute atomic E-state index is 12.7. The Labute approximate surface area is 149 Å². The Bertz CT molecular complexity index is 848. The van der Waals surface area contributed by atoms with E-state index in [0.717, 1.165) is 0 Å². The number of allylic oxidation sites excluding steroid dienone is 1. The van der Waals surface area contributed by atoms with Gasteiger partial charge in [-0.05, 0) is 25.1 Å². The molecule has 0 aliphatic carbocycles. The van der Waals surface area contributed by atoms with Crippen molar-refractivity contribution in [2.75, 3.05) is 6.54 Å². The summed E-state index contributed by atoms with van der Waals surface area (Å²) in [6.45, 7) is 9.71. The Morgan fingerprint density at radius 3 is 2.88 bits per heavy atom. The fraction of sp³-hybridized carbons (Fsp3) is 0.235. The van der Waals surface area contributed by atoms with E-state index >= 15 is 0 Å². The van der Waals surface area contributed by atoms with Gasteiger partial charge in [-0.3, -0.25) is 14.2 Å². The van der Waals surface area contributed by atoms with Gasteiger partial charge in [0.15, 0.2) is 5.16 Å². The van der Waals surface area contributed by atoms with Crippen molar-refractivity contribution in [3.8, 4) is 0 Å². The van der Waals surface area contributed by atoms with Crippen LogP contribution in [0, 0.1) is 0 Å². The first kappa shape index (κ1) is 18.3. The Hall–Kier alpha value is -2.05. The summed E-state index contributed by atoms with van der Waals surface area (Å²) in [5.41, 5.74) is 0.326. The summed E-state index contributed by atoms with van der Waals surface area (Å²) in [5.74, 6) is -0.148. The minimum Gasteiger partial charge on any atom is -0.352 e. The third-order valence-corrected chi connectivity index (χ3v) is 4.59. The van der Waals surface area contributed by atoms with Crippen molar-refractivity contribution in [2.45, 2.75) is 23.9 Å². The molecule has 0 aliphatic heterocycles. The summed E-state index contributed by atoms with van der Waals surface area (Å²) >= 11 is 7.21. The molecule has 24 heavy (non-hydrogen) atoms. The average molecular weight is 364 g/mol. The summed E-state index contributed by atoms with van der Waals surface area (Å²) < 4.78 is 1.51. The summed E-state index contributed by atoms with van der Waals surface area (Å²) in [4.78, 5) is 29.2. The van der Waals surface area contributed by atoms with E-state index < -0.39 is 5.25 Å². The van der Waals surface area contributed by atoms with E-state index in [4.69, 9.17) is 11.6 Å². The summed E-state index contributed by atoms with van der Waals surface area (Å²) in [6.07, 6.45) is 3.23. The second kappa shape index (κ2) is 8.17. The standard InChI is InChI=1S/C17H18ClN3O2S/c1-4-8-19-15(22)11(3)24-17-20-14-10-12(18)6-7-13(14)16(23)21(17)9-5-2/h4-7,10-11H,1-2,8-9H2,3H3,(H,19,22). The van der Waals surface area contributed by atoms with Gasteiger partial charge in [0.1, 0.15) is 0 Å². The molecule has 1 amide bonds. The Morgan fingerprint density at radius 2 is 2.21 bits per heavy atom. The van der Waals surface area contributed by atoms with Crippen molar-refractivity contribution < 1.29 is 4.79 Å². The summed E-state index contributed by atoms with van der Waals surface area (Å²) in [7, 11) is 0. The van der Waals surface area contributed by atoms with Gasteiger partial charge in [-0.2, -0.15) is 0 Å². The molecule has 0 saturated heterocycles. The quantitative estimate of drug-likeness (QED) is 0.466. The first-order valence-corrected chi connectivity index (χ1v) is 8.60. The molecule has 1 aromatic heterocycles. The summed E-state index contributed by atoms with van der Waals surface area (Å²) in [5, 5.41) is 3.76. The number of rotatable bonds is 7. The van der Waals surface area contributed by atoms with Crippen molar-refractivity contribution in [3.63, 3.8) is 0 Å². The molecule has 0 saturated carbocycles. The highest BCUT2D eigenvalue weighted by atomic mass is 35.5. The van der Waals surface area contributed by atoms with Gasteiger partial charge < -0.3 is 5.32 Å². The van der Waals surface area contributed by atoms with Crippen LogP contribution in [0.2, 0.25) is 5.02 Å². The van der Waals surface area contributed by atoms with Crippen molar-refractivity contribution in [2.24, 2.45) is 0 Å². The zero-order valence-corrected chi connectivity index (χ0v) is 14.9. The number of carbonyl (C=O) groups is 1. The number of nitrogens with one attached hydrogen (secondary N) is 1. The fourth-order valence-electron chi connectivity index (χ4n) is 2.08. The van der Waals surface area contributed by atoms with Crippen molar-refractivity contribution in [3.05, 3.63) is 58.9 Å². The van der Waals surface area contributed by atoms with Gasteiger partial charge in [-0.25, -0.2) is 4.98 Å². The molecule has 1 heterocycles. The number of hydrogen-bond donors (Lipinski definition) is 1. The maximum Gasteiger partial charge on any atom is 0.262 e. The number of carbonyl (C=O) groups excluding carboxylic acids is 1. The van der Waals surface area contributed by atoms with E-state index in [1.165, 1.54) is 16.3 Å². The topological polar surface area (TPSA) is 64.0 Å². The van der Waals surface area contributed by atoms with Crippen molar-refractivity contribution >= 4 is 40.2 Å². The van der Waals surface area contributed by atoms with Crippen molar-refractivity contribution in [1.82, 2.24) is 14.9 Å². The van der Waals surface area contributed by atoms with Crippen LogP contribution < -0.4 is 10.9 Å². The summed E-state index contributed by atoms with van der Waals surface area (Å²) in [6, 6.07) is 4.95. The Morgan fingerprint density at radius 1 is 1.46 bits per heavy atom. The van der Waals surface area contributed by atoms with Gasteiger partial charge >= 0.3 is 0 Å². The predicted octanol–water partition coefficient (Wildman–Crippen LogP) is 3.02. The highest BCUT2D eigenvalue weighted by molar-refractivity contribution is 8.00. The number of nitrogens with zero attached hydrogens (tertiary/aromatic N) is 2. The zero-order chi connectivity index (χ0) is 17.7. The predicted molar refractivity (Wildman–Crippen MR) is 99.7 cm³/mol. The minimum absolute atomic E-state index is 0.148. The van der Waals surface area contributed by atoms with Crippen LogP contribution in [-0.4, -0.2) is 27.3 Å². The van der Waals surface area contributed by atoms with Crippen LogP contribution in [-0.2, 0) is 11.3 Å². The number of amides is 1. The molecule has 1 aromatic carbocycles. The van der Waals surface area contributed by atoms with E-state index in [1.54, 1.807) is 37.3 Å². The monoisotopic (exact) mass is 363 g/mol. The molecule has 2 rings (SSSR count). The van der Waals surface area contributed by atoms with E-state index in [1.807, 2.05) is 0 Å². The largest absolute Gasteiger partial charge is 0.352 e. The molecule has 7 heteroatoms. The lowest BCUT2D eigenvalue weighted by Crippen LogP contribution is -2.32. The second-order valence-corrected chi connectivity index (χ2v) is 6.80. The number of fused-ring (bicyclic) bond motifs is 1. The lowest BCUT2D eigenvalue weighted by Gasteiger charge is -2.15. The number of aromatic nitrogens is 2. The van der Waals surface area contributed by atoms with Crippen LogP contribution in [0.3, 0.4) is 0 Å². The van der Waals surface area contributed by atoms with Crippen LogP contribution in [0.5, 0.6) is 0 Å². The first-order chi connectivity index (χ1) is 11.5. The molecular weight excluding hydrogens is 346 g/mol. The molecule has 1 atom stereocenters. The van der Waals surface area contributed by atoms with Crippen LogP contribution in [0.25, 0.3) is 10.9 Å². The smallest absolute Gasteiger partial charge is 0.262 e. The fourth-order valence-corrected chi connectivity index (χ4v) is 3.19. The molecule has 2 aromatic rings. The molecule has 0 spiro atoms. The Kier molecular flexibility index (Phi) is 6.23. The highest BCUT2D eigenvalue weighted by Crippen LogP contribution is 2.24. The molecule has 126 valence electrons. The van der Waals surface area contributed by atoms with Crippen molar-refractivity contribution in [1.29, 1.82) is 0 Å². The highest BCUT2D eigenvalue weighted by Gasteiger charge is 2.18. The SMILES string of the molecule is C=CCNC(=O)C(C)Sc1nc2cc(Cl)ccc2c(=O)n1CC=C. The number of halogens is 1. The van der Waals surface area contributed by atoms with Gasteiger partial charge in [0.2, 0.25) is 5.91 Å². The lowest BCUT2D eigenvalue weighted by atomic mass is 10.2. The van der Waals surface area contributed by atoms with Gasteiger partial charge in [0.25, 0.3) is 5.56 Å². The second-order valence-electron chi connectivity index (χ2n) is 5.05. The average Bonchev–Trinajstić information content (AvgIpc) is 2.55. The maximum atomic E-state index is 12.7. The normalized spacial score (nSPS) is 11.9. The molecule has 0 fully saturated rings. The first-order valence-electron chi connectivity index (χ1n) is 7.34. The number of benzene rings is 1. The lowest BCUT2D eigenvalue weighted by molar-refractivity contribution is -0.120. The minimum atomic E-state index is -0.412. The van der Waals surface area contributed by atoms with E-state index in [0.29, 0.717) is 34.2 Å². The van der Waals surface area contributed by atoms with Gasteiger partial charge in [0, 0.05) is 18.1 Å². The molecule has 1 unspecified atom stereocenters. The van der Waals surface area contributed by atoms with E-state index in [9.17, 15) is 9.59 Å². The van der Waals surface area contributed by atoms with Gasteiger partial charge in [-0.1, -0.05) is 35.5 Å². The third-order valence-electron chi connectivity index (χ3n) is 3.27. The van der Waals surface area contributed by atoms with E-state index in [2.05, 4.69) is 23.5 Å². The number of hydrogen-bond acceptors (Lipinski definition) is 4. The molecule has 1 N–H and O–H groups in total. The molecule has 0 bridgehead atoms. The molecular formula is C17H18ClN3O2S. The molecule has 5 nitrogen and oxygen atoms in total. The molecule has 0 aliphatic rings. The number of thioether (sulfide) groups is 1. The zero-order valence-electron chi connectivity index (χ0n) is 13.3. The van der Waals surface area contributed by atoms with Crippen LogP contribution in [0.4, 0.5) is 0 Å². The van der Waals surface area contributed by atoms with Crippen LogP contribution in [0.15, 0.2) is 53.5 Å². The molecule has 0 radical (unpaired) electrons. The van der Waals surface area contributed by atoms with Gasteiger partial charge in [-0.15, -0.1) is 13.2 Å². The Balaban J connectivity index is 2.45. The van der Waals surface area contributed by atoms with Crippen LogP contribution in [0.1, 0.15) is 6.92 Å².